The SMILES string of the molecule is CC(C)(C)CC(=O)NC(Cc1ccc(O)cc1)C(=O)O. The fourth-order valence-corrected chi connectivity index (χ4v) is 1.79. The number of aromatic hydroxyl groups is 1. The van der Waals surface area contributed by atoms with Crippen molar-refractivity contribution in [3.63, 3.8) is 0 Å². The van der Waals surface area contributed by atoms with Gasteiger partial charge in [0.05, 0.1) is 0 Å². The highest BCUT2D eigenvalue weighted by Gasteiger charge is 2.23. The Kier molecular flexibility index (Phi) is 5.13. The fourth-order valence-electron chi connectivity index (χ4n) is 1.79. The number of hydrogen-bond acceptors (Lipinski definition) is 3. The number of benzene rings is 1. The summed E-state index contributed by atoms with van der Waals surface area (Å²) in [7, 11) is 0. The van der Waals surface area contributed by atoms with Crippen molar-refractivity contribution in [2.24, 2.45) is 5.41 Å². The molecule has 1 aromatic carbocycles. The molecule has 1 amide bonds. The molecule has 0 fully saturated rings. The topological polar surface area (TPSA) is 86.6 Å². The Morgan fingerprint density at radius 2 is 1.75 bits per heavy atom. The standard InChI is InChI=1S/C15H21NO4/c1-15(2,3)9-13(18)16-12(14(19)20)8-10-4-6-11(17)7-5-10/h4-7,12,17H,8-9H2,1-3H3,(H,16,18)(H,19,20). The first kappa shape index (κ1) is 16.0. The Hall–Kier alpha value is -2.04. The molecule has 5 heteroatoms. The average Bonchev–Trinajstić information content (AvgIpc) is 2.28. The van der Waals surface area contributed by atoms with Crippen molar-refractivity contribution < 1.29 is 19.8 Å². The zero-order valence-corrected chi connectivity index (χ0v) is 12.0. The van der Waals surface area contributed by atoms with Crippen molar-refractivity contribution in [3.8, 4) is 5.75 Å². The van der Waals surface area contributed by atoms with Crippen LogP contribution in [0.5, 0.6) is 5.75 Å². The van der Waals surface area contributed by atoms with Gasteiger partial charge >= 0.3 is 5.97 Å². The zero-order chi connectivity index (χ0) is 15.3. The van der Waals surface area contributed by atoms with Crippen LogP contribution in [0.1, 0.15) is 32.8 Å². The molecule has 0 spiro atoms. The molecule has 0 saturated heterocycles. The van der Waals surface area contributed by atoms with E-state index >= 15 is 0 Å². The second kappa shape index (κ2) is 6.41. The maximum atomic E-state index is 11.8. The molecule has 1 atom stereocenters. The van der Waals surface area contributed by atoms with Crippen LogP contribution in [-0.4, -0.2) is 28.1 Å². The summed E-state index contributed by atoms with van der Waals surface area (Å²) in [5.74, 6) is -1.22. The third kappa shape index (κ3) is 5.73. The summed E-state index contributed by atoms with van der Waals surface area (Å²) >= 11 is 0. The van der Waals surface area contributed by atoms with E-state index in [4.69, 9.17) is 0 Å². The summed E-state index contributed by atoms with van der Waals surface area (Å²) < 4.78 is 0. The lowest BCUT2D eigenvalue weighted by Gasteiger charge is -2.20. The van der Waals surface area contributed by atoms with Gasteiger partial charge in [0.25, 0.3) is 0 Å². The van der Waals surface area contributed by atoms with Crippen LogP contribution in [0.2, 0.25) is 0 Å². The Bertz CT molecular complexity index is 474. The van der Waals surface area contributed by atoms with Crippen molar-refractivity contribution in [2.45, 2.75) is 39.7 Å². The molecule has 0 bridgehead atoms. The second-order valence-corrected chi connectivity index (χ2v) is 6.07. The minimum atomic E-state index is -1.07. The van der Waals surface area contributed by atoms with Gasteiger partial charge in [-0.05, 0) is 23.1 Å². The van der Waals surface area contributed by atoms with E-state index in [1.165, 1.54) is 12.1 Å². The van der Waals surface area contributed by atoms with E-state index in [9.17, 15) is 19.8 Å². The number of carbonyl (C=O) groups is 2. The molecule has 0 radical (unpaired) electrons. The second-order valence-electron chi connectivity index (χ2n) is 6.07. The van der Waals surface area contributed by atoms with E-state index in [0.29, 0.717) is 0 Å². The van der Waals surface area contributed by atoms with Crippen molar-refractivity contribution in [1.29, 1.82) is 0 Å². The maximum Gasteiger partial charge on any atom is 0.326 e. The van der Waals surface area contributed by atoms with Crippen LogP contribution in [0, 0.1) is 5.41 Å². The molecule has 1 aromatic rings. The predicted molar refractivity (Wildman–Crippen MR) is 75.4 cm³/mol. The van der Waals surface area contributed by atoms with Gasteiger partial charge in [-0.2, -0.15) is 0 Å². The van der Waals surface area contributed by atoms with Crippen molar-refractivity contribution in [1.82, 2.24) is 5.32 Å². The molecule has 20 heavy (non-hydrogen) atoms. The van der Waals surface area contributed by atoms with Crippen LogP contribution in [0.25, 0.3) is 0 Å². The molecule has 1 unspecified atom stereocenters. The minimum absolute atomic E-state index is 0.123. The highest BCUT2D eigenvalue weighted by atomic mass is 16.4. The number of aliphatic carboxylic acids is 1. The van der Waals surface area contributed by atoms with E-state index in [1.54, 1.807) is 12.1 Å². The van der Waals surface area contributed by atoms with Crippen LogP contribution < -0.4 is 5.32 Å². The van der Waals surface area contributed by atoms with E-state index in [0.717, 1.165) is 5.56 Å². The summed E-state index contributed by atoms with van der Waals surface area (Å²) in [4.78, 5) is 23.0. The number of phenolic OH excluding ortho intramolecular Hbond substituents is 1. The first-order chi connectivity index (χ1) is 9.17. The largest absolute Gasteiger partial charge is 0.508 e. The highest BCUT2D eigenvalue weighted by Crippen LogP contribution is 2.18. The molecule has 0 aromatic heterocycles. The van der Waals surface area contributed by atoms with Gasteiger partial charge in [-0.3, -0.25) is 4.79 Å². The number of carboxylic acids is 1. The van der Waals surface area contributed by atoms with Gasteiger partial charge in [-0.15, -0.1) is 0 Å². The number of amides is 1. The quantitative estimate of drug-likeness (QED) is 0.768. The van der Waals surface area contributed by atoms with Gasteiger partial charge in [0.2, 0.25) is 5.91 Å². The smallest absolute Gasteiger partial charge is 0.326 e. The zero-order valence-electron chi connectivity index (χ0n) is 12.0. The van der Waals surface area contributed by atoms with Crippen molar-refractivity contribution in [2.75, 3.05) is 0 Å². The lowest BCUT2D eigenvalue weighted by Crippen LogP contribution is -2.43. The van der Waals surface area contributed by atoms with Gasteiger partial charge in [0, 0.05) is 12.8 Å². The first-order valence-electron chi connectivity index (χ1n) is 6.47. The van der Waals surface area contributed by atoms with Crippen LogP contribution in [-0.2, 0) is 16.0 Å². The molecular formula is C15H21NO4. The number of carbonyl (C=O) groups excluding carboxylic acids is 1. The molecule has 3 N–H and O–H groups in total. The van der Waals surface area contributed by atoms with Gasteiger partial charge in [-0.25, -0.2) is 4.79 Å². The molecule has 0 aliphatic rings. The van der Waals surface area contributed by atoms with Crippen molar-refractivity contribution in [3.05, 3.63) is 29.8 Å². The van der Waals surface area contributed by atoms with Gasteiger partial charge < -0.3 is 15.5 Å². The van der Waals surface area contributed by atoms with Gasteiger partial charge in [-0.1, -0.05) is 32.9 Å². The number of rotatable bonds is 5. The van der Waals surface area contributed by atoms with E-state index in [-0.39, 0.29) is 29.9 Å². The molecule has 1 rings (SSSR count). The lowest BCUT2D eigenvalue weighted by molar-refractivity contribution is -0.142. The summed E-state index contributed by atoms with van der Waals surface area (Å²) in [5, 5.41) is 20.9. The number of carboxylic acid groups (broad SMARTS) is 1. The van der Waals surface area contributed by atoms with Crippen LogP contribution in [0.15, 0.2) is 24.3 Å². The van der Waals surface area contributed by atoms with E-state index in [2.05, 4.69) is 5.32 Å². The van der Waals surface area contributed by atoms with Gasteiger partial charge in [0.15, 0.2) is 0 Å². The van der Waals surface area contributed by atoms with Gasteiger partial charge in [0.1, 0.15) is 11.8 Å². The molecule has 5 nitrogen and oxygen atoms in total. The third-order valence-corrected chi connectivity index (χ3v) is 2.70. The third-order valence-electron chi connectivity index (χ3n) is 2.70. The Morgan fingerprint density at radius 3 is 2.20 bits per heavy atom. The Balaban J connectivity index is 2.68. The van der Waals surface area contributed by atoms with Crippen LogP contribution in [0.3, 0.4) is 0 Å². The summed E-state index contributed by atoms with van der Waals surface area (Å²) in [6.07, 6.45) is 0.456. The first-order valence-corrected chi connectivity index (χ1v) is 6.47. The Morgan fingerprint density at radius 1 is 1.20 bits per heavy atom. The minimum Gasteiger partial charge on any atom is -0.508 e. The molecule has 110 valence electrons. The fraction of sp³-hybridized carbons (Fsp3) is 0.467. The monoisotopic (exact) mass is 279 g/mol. The number of nitrogens with one attached hydrogen (secondary N) is 1. The molecule has 0 heterocycles. The van der Waals surface area contributed by atoms with Crippen molar-refractivity contribution >= 4 is 11.9 Å². The van der Waals surface area contributed by atoms with E-state index < -0.39 is 12.0 Å². The molecular weight excluding hydrogens is 258 g/mol. The summed E-state index contributed by atoms with van der Waals surface area (Å²) in [6.45, 7) is 5.76. The Labute approximate surface area is 118 Å². The van der Waals surface area contributed by atoms with Crippen LogP contribution in [0.4, 0.5) is 0 Å². The molecule has 0 aliphatic carbocycles. The van der Waals surface area contributed by atoms with E-state index in [1.807, 2.05) is 20.8 Å². The summed E-state index contributed by atoms with van der Waals surface area (Å²) in [6, 6.07) is 5.30. The number of phenols is 1. The average molecular weight is 279 g/mol. The lowest BCUT2D eigenvalue weighted by atomic mass is 9.91. The number of hydrogen-bond donors (Lipinski definition) is 3. The van der Waals surface area contributed by atoms with Crippen LogP contribution >= 0.6 is 0 Å². The molecule has 0 saturated carbocycles. The highest BCUT2D eigenvalue weighted by molar-refractivity contribution is 5.84. The summed E-state index contributed by atoms with van der Waals surface area (Å²) in [5.41, 5.74) is 0.553. The maximum absolute atomic E-state index is 11.8. The normalized spacial score (nSPS) is 12.8. The molecule has 0 aliphatic heterocycles. The predicted octanol–water partition coefficient (Wildman–Crippen LogP) is 1.94.